The van der Waals surface area contributed by atoms with Gasteiger partial charge >= 0.3 is 11.9 Å². The Morgan fingerprint density at radius 1 is 0.393 bits per heavy atom. The monoisotopic (exact) mass is 779 g/mol. The second-order valence-corrected chi connectivity index (χ2v) is 16.2. The summed E-state index contributed by atoms with van der Waals surface area (Å²) in [5.74, 6) is -0.679. The first-order chi connectivity index (χ1) is 27.4. The molecule has 6 nitrogen and oxygen atoms in total. The molecule has 0 aliphatic heterocycles. The Morgan fingerprint density at radius 2 is 0.679 bits per heavy atom. The van der Waals surface area contributed by atoms with E-state index in [2.05, 4.69) is 27.7 Å². The van der Waals surface area contributed by atoms with Gasteiger partial charge in [-0.25, -0.2) is 9.59 Å². The highest BCUT2D eigenvalue weighted by Gasteiger charge is 2.21. The van der Waals surface area contributed by atoms with Crippen LogP contribution in [0, 0.1) is 0 Å². The Bertz CT molecular complexity index is 1230. The minimum absolute atomic E-state index is 0.0918. The van der Waals surface area contributed by atoms with Gasteiger partial charge in [0, 0.05) is 0 Å². The summed E-state index contributed by atoms with van der Waals surface area (Å²) in [6.07, 6.45) is 32.4. The molecule has 0 amide bonds. The molecule has 6 heteroatoms. The van der Waals surface area contributed by atoms with E-state index in [4.69, 9.17) is 9.47 Å². The molecule has 0 aliphatic rings. The number of carbonyl (C=O) groups excluding carboxylic acids is 2. The number of aryl methyl sites for hydroxylation is 2. The minimum atomic E-state index is -0.431. The van der Waals surface area contributed by atoms with Crippen molar-refractivity contribution in [1.82, 2.24) is 0 Å². The lowest BCUT2D eigenvalue weighted by Crippen LogP contribution is -2.09. The molecule has 0 aromatic heterocycles. The number of rotatable bonds is 35. The average molecular weight is 779 g/mol. The summed E-state index contributed by atoms with van der Waals surface area (Å²) in [5.41, 5.74) is 4.53. The number of ether oxygens (including phenoxy) is 2. The normalized spacial score (nSPS) is 11.3. The number of phenolic OH excluding ortho intramolecular Hbond substituents is 2. The number of unbranched alkanes of at least 4 members (excludes halogenated alkanes) is 21. The second kappa shape index (κ2) is 32.0. The van der Waals surface area contributed by atoms with E-state index in [1.54, 1.807) is 12.1 Å². The van der Waals surface area contributed by atoms with Crippen LogP contribution in [0.25, 0.3) is 0 Å². The van der Waals surface area contributed by atoms with E-state index in [1.807, 2.05) is 12.1 Å². The standard InChI is InChI=1S/C50H82O6/c1-5-9-13-17-21-25-33-43-41(35-37-45(47(43)51)49(53)55-39-29-23-19-15-11-7-3)31-27-28-32-42-36-38-46(50(54)56-40-30-24-20-16-12-8-4)48(52)44(42)34-26-22-18-14-10-6-2/h35-38,51-52H,5-34,39-40H2,1-4H3. The smallest absolute Gasteiger partial charge is 0.341 e. The van der Waals surface area contributed by atoms with Crippen LogP contribution in [0.2, 0.25) is 0 Å². The summed E-state index contributed by atoms with van der Waals surface area (Å²) in [4.78, 5) is 26.1. The summed E-state index contributed by atoms with van der Waals surface area (Å²) in [6, 6.07) is 7.55. The predicted octanol–water partition coefficient (Wildman–Crippen LogP) is 14.5. The van der Waals surface area contributed by atoms with E-state index in [0.717, 1.165) is 125 Å². The molecular weight excluding hydrogens is 697 g/mol. The van der Waals surface area contributed by atoms with Crippen molar-refractivity contribution in [3.63, 3.8) is 0 Å². The largest absolute Gasteiger partial charge is 0.507 e. The van der Waals surface area contributed by atoms with Gasteiger partial charge in [-0.1, -0.05) is 168 Å². The fourth-order valence-corrected chi connectivity index (χ4v) is 7.76. The minimum Gasteiger partial charge on any atom is -0.507 e. The summed E-state index contributed by atoms with van der Waals surface area (Å²) < 4.78 is 11.2. The maximum atomic E-state index is 13.1. The number of phenols is 2. The van der Waals surface area contributed by atoms with Gasteiger partial charge < -0.3 is 19.7 Å². The molecule has 0 atom stereocenters. The number of benzene rings is 2. The molecule has 0 heterocycles. The van der Waals surface area contributed by atoms with Crippen LogP contribution in [0.3, 0.4) is 0 Å². The lowest BCUT2D eigenvalue weighted by molar-refractivity contribution is 0.0484. The second-order valence-electron chi connectivity index (χ2n) is 16.2. The molecule has 2 N–H and O–H groups in total. The lowest BCUT2D eigenvalue weighted by Gasteiger charge is -2.16. The van der Waals surface area contributed by atoms with Crippen LogP contribution in [-0.2, 0) is 35.2 Å². The van der Waals surface area contributed by atoms with Crippen LogP contribution in [0.15, 0.2) is 24.3 Å². The first kappa shape index (κ1) is 49.1. The highest BCUT2D eigenvalue weighted by atomic mass is 16.5. The van der Waals surface area contributed by atoms with Gasteiger partial charge in [-0.3, -0.25) is 0 Å². The van der Waals surface area contributed by atoms with Gasteiger partial charge in [0.2, 0.25) is 0 Å². The highest BCUT2D eigenvalue weighted by Crippen LogP contribution is 2.32. The molecule has 0 bridgehead atoms. The zero-order valence-electron chi connectivity index (χ0n) is 36.5. The van der Waals surface area contributed by atoms with Crippen molar-refractivity contribution in [3.8, 4) is 11.5 Å². The van der Waals surface area contributed by atoms with Crippen LogP contribution >= 0.6 is 0 Å². The summed E-state index contributed by atoms with van der Waals surface area (Å²) in [5, 5.41) is 22.9. The molecule has 0 spiro atoms. The molecule has 0 saturated heterocycles. The van der Waals surface area contributed by atoms with Gasteiger partial charge in [-0.15, -0.1) is 0 Å². The van der Waals surface area contributed by atoms with Gasteiger partial charge in [0.15, 0.2) is 0 Å². The Kier molecular flexibility index (Phi) is 28.1. The van der Waals surface area contributed by atoms with Crippen LogP contribution in [0.1, 0.15) is 238 Å². The van der Waals surface area contributed by atoms with Crippen LogP contribution in [0.4, 0.5) is 0 Å². The molecule has 2 rings (SSSR count). The van der Waals surface area contributed by atoms with E-state index in [-0.39, 0.29) is 22.6 Å². The number of hydrogen-bond donors (Lipinski definition) is 2. The number of aromatic hydroxyl groups is 2. The molecule has 0 unspecified atom stereocenters. The summed E-state index contributed by atoms with van der Waals surface area (Å²) >= 11 is 0. The molecule has 0 radical (unpaired) electrons. The van der Waals surface area contributed by atoms with Gasteiger partial charge in [-0.2, -0.15) is 0 Å². The topological polar surface area (TPSA) is 93.1 Å². The number of hydrogen-bond acceptors (Lipinski definition) is 6. The van der Waals surface area contributed by atoms with Gasteiger partial charge in [0.05, 0.1) is 13.2 Å². The number of carbonyl (C=O) groups is 2. The Balaban J connectivity index is 2.11. The maximum absolute atomic E-state index is 13.1. The fraction of sp³-hybridized carbons (Fsp3) is 0.720. The third-order valence-corrected chi connectivity index (χ3v) is 11.4. The van der Waals surface area contributed by atoms with Crippen molar-refractivity contribution in [2.24, 2.45) is 0 Å². The van der Waals surface area contributed by atoms with Crippen molar-refractivity contribution in [3.05, 3.63) is 57.6 Å². The average Bonchev–Trinajstić information content (AvgIpc) is 3.19. The molecule has 56 heavy (non-hydrogen) atoms. The summed E-state index contributed by atoms with van der Waals surface area (Å²) in [7, 11) is 0. The van der Waals surface area contributed by atoms with Crippen LogP contribution in [-0.4, -0.2) is 35.4 Å². The van der Waals surface area contributed by atoms with E-state index < -0.39 is 11.9 Å². The van der Waals surface area contributed by atoms with Gasteiger partial charge in [-0.05, 0) is 98.6 Å². The molecular formula is C50H82O6. The Morgan fingerprint density at radius 3 is 1.02 bits per heavy atom. The zero-order chi connectivity index (χ0) is 40.6. The first-order valence-electron chi connectivity index (χ1n) is 23.4. The maximum Gasteiger partial charge on any atom is 0.341 e. The summed E-state index contributed by atoms with van der Waals surface area (Å²) in [6.45, 7) is 9.64. The third kappa shape index (κ3) is 19.9. The zero-order valence-corrected chi connectivity index (χ0v) is 36.5. The van der Waals surface area contributed by atoms with Crippen LogP contribution < -0.4 is 0 Å². The fourth-order valence-electron chi connectivity index (χ4n) is 7.76. The molecule has 0 fully saturated rings. The Hall–Kier alpha value is -3.02. The van der Waals surface area contributed by atoms with E-state index in [1.165, 1.54) is 89.9 Å². The molecule has 0 aliphatic carbocycles. The number of esters is 2. The molecule has 318 valence electrons. The first-order valence-corrected chi connectivity index (χ1v) is 23.4. The quantitative estimate of drug-likeness (QED) is 0.0535. The van der Waals surface area contributed by atoms with Crippen molar-refractivity contribution in [1.29, 1.82) is 0 Å². The highest BCUT2D eigenvalue weighted by molar-refractivity contribution is 5.93. The van der Waals surface area contributed by atoms with E-state index >= 15 is 0 Å². The van der Waals surface area contributed by atoms with Crippen molar-refractivity contribution in [2.45, 2.75) is 220 Å². The van der Waals surface area contributed by atoms with Crippen molar-refractivity contribution < 1.29 is 29.3 Å². The lowest BCUT2D eigenvalue weighted by atomic mass is 9.91. The van der Waals surface area contributed by atoms with E-state index in [9.17, 15) is 19.8 Å². The Labute approximate surface area is 342 Å². The third-order valence-electron chi connectivity index (χ3n) is 11.4. The van der Waals surface area contributed by atoms with Crippen molar-refractivity contribution >= 4 is 11.9 Å². The molecule has 2 aromatic rings. The SMILES string of the molecule is CCCCCCCCOC(=O)c1ccc(CCCCc2ccc(C(=O)OCCCCCCCC)c(O)c2CCCCCCCC)c(CCCCCCCC)c1O. The predicted molar refractivity (Wildman–Crippen MR) is 234 cm³/mol. The van der Waals surface area contributed by atoms with E-state index in [0.29, 0.717) is 13.2 Å². The molecule has 0 saturated carbocycles. The van der Waals surface area contributed by atoms with Crippen LogP contribution in [0.5, 0.6) is 11.5 Å². The molecule has 2 aromatic carbocycles. The van der Waals surface area contributed by atoms with Gasteiger partial charge in [0.1, 0.15) is 22.6 Å². The van der Waals surface area contributed by atoms with Gasteiger partial charge in [0.25, 0.3) is 0 Å². The van der Waals surface area contributed by atoms with Crippen molar-refractivity contribution in [2.75, 3.05) is 13.2 Å².